The number of thioether (sulfide) groups is 1. The molecule has 31 heavy (non-hydrogen) atoms. The first-order valence-electron chi connectivity index (χ1n) is 10.2. The van der Waals surface area contributed by atoms with Crippen molar-refractivity contribution in [1.29, 1.82) is 0 Å². The number of halogens is 1. The van der Waals surface area contributed by atoms with Gasteiger partial charge in [-0.2, -0.15) is 4.98 Å². The number of carbonyl (C=O) groups is 1. The predicted molar refractivity (Wildman–Crippen MR) is 126 cm³/mol. The highest BCUT2D eigenvalue weighted by atomic mass is 79.9. The maximum atomic E-state index is 13.1. The van der Waals surface area contributed by atoms with Crippen LogP contribution < -0.4 is 9.64 Å². The third-order valence-corrected chi connectivity index (χ3v) is 6.79. The van der Waals surface area contributed by atoms with Gasteiger partial charge in [-0.3, -0.25) is 9.69 Å². The topological polar surface area (TPSA) is 68.2 Å². The predicted octanol–water partition coefficient (Wildman–Crippen LogP) is 5.88. The number of hydrogen-bond acceptors (Lipinski definition) is 6. The van der Waals surface area contributed by atoms with E-state index in [1.165, 1.54) is 0 Å². The fourth-order valence-electron chi connectivity index (χ4n) is 3.33. The lowest BCUT2D eigenvalue weighted by molar-refractivity contribution is -0.120. The maximum Gasteiger partial charge on any atom is 0.247 e. The van der Waals surface area contributed by atoms with Gasteiger partial charge in [0, 0.05) is 27.8 Å². The number of nitrogens with zero attached hydrogens (tertiary/aromatic N) is 4. The van der Waals surface area contributed by atoms with Gasteiger partial charge in [0.25, 0.3) is 0 Å². The van der Waals surface area contributed by atoms with E-state index in [9.17, 15) is 4.79 Å². The molecule has 3 aromatic rings. The Morgan fingerprint density at radius 2 is 1.90 bits per heavy atom. The lowest BCUT2D eigenvalue weighted by Gasteiger charge is -2.31. The van der Waals surface area contributed by atoms with Crippen LogP contribution in [0.3, 0.4) is 0 Å². The van der Waals surface area contributed by atoms with Crippen LogP contribution in [0.15, 0.2) is 58.2 Å². The Bertz CT molecular complexity index is 1110. The van der Waals surface area contributed by atoms with Gasteiger partial charge in [0.2, 0.25) is 23.2 Å². The fraction of sp³-hybridized carbons (Fsp3) is 0.304. The molecule has 1 atom stereocenters. The smallest absolute Gasteiger partial charge is 0.247 e. The quantitative estimate of drug-likeness (QED) is 0.408. The molecule has 8 heteroatoms. The van der Waals surface area contributed by atoms with E-state index in [-0.39, 0.29) is 5.91 Å². The van der Waals surface area contributed by atoms with Crippen molar-refractivity contribution in [2.45, 2.75) is 38.6 Å². The maximum absolute atomic E-state index is 13.1. The van der Waals surface area contributed by atoms with Gasteiger partial charge in [0.1, 0.15) is 0 Å². The molecule has 1 aliphatic rings. The molecule has 0 radical (unpaired) electrons. The average molecular weight is 499 g/mol. The monoisotopic (exact) mass is 498 g/mol. The van der Waals surface area contributed by atoms with Gasteiger partial charge in [0.15, 0.2) is 5.69 Å². The average Bonchev–Trinajstić information content (AvgIpc) is 2.91. The van der Waals surface area contributed by atoms with Gasteiger partial charge >= 0.3 is 0 Å². The molecule has 1 aliphatic heterocycles. The minimum atomic E-state index is -0.690. The summed E-state index contributed by atoms with van der Waals surface area (Å²) in [5.74, 6) is 1.70. The number of fused-ring (bicyclic) bond motifs is 3. The lowest BCUT2D eigenvalue weighted by atomic mass is 10.1. The number of anilines is 1. The molecule has 0 aliphatic carbocycles. The van der Waals surface area contributed by atoms with Crippen LogP contribution in [0.4, 0.5) is 5.69 Å². The molecular weight excluding hydrogens is 476 g/mol. The fourth-order valence-corrected chi connectivity index (χ4v) is 4.54. The van der Waals surface area contributed by atoms with E-state index < -0.39 is 6.23 Å². The number of rotatable bonds is 5. The van der Waals surface area contributed by atoms with Gasteiger partial charge in [-0.05, 0) is 18.1 Å². The molecule has 0 N–H and O–H groups in total. The van der Waals surface area contributed by atoms with Crippen molar-refractivity contribution in [3.8, 4) is 17.1 Å². The van der Waals surface area contributed by atoms with Crippen molar-refractivity contribution in [3.05, 3.63) is 58.6 Å². The summed E-state index contributed by atoms with van der Waals surface area (Å²) in [6.07, 6.45) is -0.353. The van der Waals surface area contributed by atoms with Gasteiger partial charge in [-0.25, -0.2) is 0 Å². The summed E-state index contributed by atoms with van der Waals surface area (Å²) in [5, 5.41) is 9.34. The summed E-state index contributed by atoms with van der Waals surface area (Å²) in [6.45, 7) is 6.14. The molecule has 1 amide bonds. The summed E-state index contributed by atoms with van der Waals surface area (Å²) < 4.78 is 7.29. The van der Waals surface area contributed by atoms with Crippen LogP contribution in [0.25, 0.3) is 11.3 Å². The van der Waals surface area contributed by atoms with Crippen LogP contribution >= 0.6 is 27.7 Å². The highest BCUT2D eigenvalue weighted by molar-refractivity contribution is 9.10. The molecule has 2 heterocycles. The number of amides is 1. The van der Waals surface area contributed by atoms with Gasteiger partial charge in [0.05, 0.1) is 5.69 Å². The lowest BCUT2D eigenvalue weighted by Crippen LogP contribution is -2.37. The second-order valence-electron chi connectivity index (χ2n) is 7.58. The first kappa shape index (κ1) is 21.8. The Kier molecular flexibility index (Phi) is 6.57. The van der Waals surface area contributed by atoms with Crippen molar-refractivity contribution < 1.29 is 9.53 Å². The van der Waals surface area contributed by atoms with Crippen molar-refractivity contribution in [3.63, 3.8) is 0 Å². The number of ether oxygens (including phenoxy) is 1. The molecule has 0 unspecified atom stereocenters. The number of para-hydroxylation sites is 1. The van der Waals surface area contributed by atoms with Crippen molar-refractivity contribution in [2.24, 2.45) is 5.92 Å². The van der Waals surface area contributed by atoms with Crippen LogP contribution in [0.5, 0.6) is 5.88 Å². The van der Waals surface area contributed by atoms with Crippen LogP contribution in [-0.2, 0) is 4.79 Å². The minimum absolute atomic E-state index is 0.0524. The van der Waals surface area contributed by atoms with E-state index >= 15 is 0 Å². The summed E-state index contributed by atoms with van der Waals surface area (Å²) in [6, 6.07) is 15.4. The molecule has 6 nitrogen and oxygen atoms in total. The summed E-state index contributed by atoms with van der Waals surface area (Å²) in [5.41, 5.74) is 2.87. The number of hydrogen-bond donors (Lipinski definition) is 0. The van der Waals surface area contributed by atoms with Crippen LogP contribution in [-0.4, -0.2) is 26.8 Å². The highest BCUT2D eigenvalue weighted by Gasteiger charge is 2.36. The molecule has 2 aromatic carbocycles. The Labute approximate surface area is 194 Å². The van der Waals surface area contributed by atoms with E-state index in [1.54, 1.807) is 16.7 Å². The van der Waals surface area contributed by atoms with Crippen LogP contribution in [0.2, 0.25) is 0 Å². The van der Waals surface area contributed by atoms with Gasteiger partial charge < -0.3 is 4.74 Å². The SMILES string of the molecule is CCC(=O)N1c2ccccc2-c2nnc(SCC(C)C)nc2O[C@H]1c1ccccc1Br. The molecular formula is C23H23BrN4O2S. The second kappa shape index (κ2) is 9.36. The first-order valence-corrected chi connectivity index (χ1v) is 12.0. The van der Waals surface area contributed by atoms with Crippen LogP contribution in [0, 0.1) is 5.92 Å². The summed E-state index contributed by atoms with van der Waals surface area (Å²) >= 11 is 5.17. The number of carbonyl (C=O) groups excluding carboxylic acids is 1. The highest BCUT2D eigenvalue weighted by Crippen LogP contribution is 2.44. The molecule has 0 fully saturated rings. The molecule has 0 saturated heterocycles. The van der Waals surface area contributed by atoms with E-state index in [1.807, 2.05) is 55.5 Å². The van der Waals surface area contributed by atoms with Gasteiger partial charge in [-0.15, -0.1) is 10.2 Å². The standard InChI is InChI=1S/C23H23BrN4O2S/c1-4-19(29)28-18-12-8-6-10-16(18)20-21(25-23(27-26-20)31-13-14(2)3)30-22(28)15-9-5-7-11-17(15)24/h5-12,14,22H,4,13H2,1-3H3/t22-/m0/s1. The summed E-state index contributed by atoms with van der Waals surface area (Å²) in [7, 11) is 0. The normalized spacial score (nSPS) is 15.1. The third kappa shape index (κ3) is 4.45. The Morgan fingerprint density at radius 1 is 1.16 bits per heavy atom. The summed E-state index contributed by atoms with van der Waals surface area (Å²) in [4.78, 5) is 19.5. The Hall–Kier alpha value is -2.45. The van der Waals surface area contributed by atoms with E-state index in [0.29, 0.717) is 29.1 Å². The number of aromatic nitrogens is 3. The van der Waals surface area contributed by atoms with Gasteiger partial charge in [-0.1, -0.05) is 84.9 Å². The number of benzene rings is 2. The molecule has 160 valence electrons. The van der Waals surface area contributed by atoms with Crippen molar-refractivity contribution in [2.75, 3.05) is 10.7 Å². The Morgan fingerprint density at radius 3 is 2.65 bits per heavy atom. The zero-order valence-electron chi connectivity index (χ0n) is 17.6. The zero-order valence-corrected chi connectivity index (χ0v) is 20.0. The first-order chi connectivity index (χ1) is 15.0. The van der Waals surface area contributed by atoms with E-state index in [4.69, 9.17) is 4.74 Å². The second-order valence-corrected chi connectivity index (χ2v) is 9.42. The minimum Gasteiger partial charge on any atom is -0.447 e. The molecule has 0 spiro atoms. The zero-order chi connectivity index (χ0) is 22.0. The van der Waals surface area contributed by atoms with Crippen LogP contribution in [0.1, 0.15) is 39.0 Å². The molecule has 0 bridgehead atoms. The third-order valence-electron chi connectivity index (χ3n) is 4.80. The molecule has 4 rings (SSSR count). The molecule has 0 saturated carbocycles. The van der Waals surface area contributed by atoms with E-state index in [0.717, 1.165) is 27.0 Å². The Balaban J connectivity index is 1.90. The van der Waals surface area contributed by atoms with Crippen molar-refractivity contribution in [1.82, 2.24) is 15.2 Å². The largest absolute Gasteiger partial charge is 0.447 e. The van der Waals surface area contributed by atoms with E-state index in [2.05, 4.69) is 45.0 Å². The molecule has 1 aromatic heterocycles. The van der Waals surface area contributed by atoms with Crippen molar-refractivity contribution >= 4 is 39.3 Å².